The van der Waals surface area contributed by atoms with Gasteiger partial charge >= 0.3 is 12.1 Å². The van der Waals surface area contributed by atoms with Crippen molar-refractivity contribution in [1.82, 2.24) is 0 Å². The number of rotatable bonds is 18. The van der Waals surface area contributed by atoms with E-state index >= 15 is 0 Å². The third kappa shape index (κ3) is 28.2. The number of halogens is 3. The monoisotopic (exact) mass is 482 g/mol. The molecule has 4 nitrogen and oxygen atoms in total. The van der Waals surface area contributed by atoms with Crippen molar-refractivity contribution < 1.29 is 32.2 Å². The van der Waals surface area contributed by atoms with Gasteiger partial charge in [0.15, 0.2) is 0 Å². The van der Waals surface area contributed by atoms with Gasteiger partial charge in [0, 0.05) is 11.5 Å². The molecule has 0 aromatic heterocycles. The molecule has 0 heterocycles. The zero-order chi connectivity index (χ0) is 22.2. The minimum atomic E-state index is -4.87. The molecule has 0 aliphatic carbocycles. The Bertz CT molecular complexity index is 341. The molecule has 0 spiro atoms. The molecular formula is C19H37F3O4S3. The molecular weight excluding hydrogens is 445 g/mol. The Labute approximate surface area is 190 Å². The van der Waals surface area contributed by atoms with Crippen LogP contribution in [0.1, 0.15) is 57.8 Å². The molecule has 0 atom stereocenters. The first-order chi connectivity index (χ1) is 13.9. The van der Waals surface area contributed by atoms with E-state index in [2.05, 4.69) is 42.6 Å². The highest BCUT2D eigenvalue weighted by Gasteiger charge is 2.40. The lowest BCUT2D eigenvalue weighted by Crippen LogP contribution is -2.25. The predicted octanol–water partition coefficient (Wildman–Crippen LogP) is 5.41. The number of ether oxygens (including phenoxy) is 3. The molecule has 0 radical (unpaired) electrons. The summed E-state index contributed by atoms with van der Waals surface area (Å²) in [5, 5.41) is 0. The summed E-state index contributed by atoms with van der Waals surface area (Å²) >= 11 is 12.1. The summed E-state index contributed by atoms with van der Waals surface area (Å²) in [5.74, 6) is 0.396. The van der Waals surface area contributed by atoms with Crippen LogP contribution in [0.25, 0.3) is 0 Å². The third-order valence-electron chi connectivity index (χ3n) is 3.61. The second kappa shape index (κ2) is 24.5. The van der Waals surface area contributed by atoms with E-state index in [0.29, 0.717) is 32.8 Å². The lowest BCUT2D eigenvalue weighted by atomic mass is 10.1. The maximum absolute atomic E-state index is 11.8. The van der Waals surface area contributed by atoms with Crippen molar-refractivity contribution in [2.24, 2.45) is 0 Å². The molecule has 0 aliphatic rings. The van der Waals surface area contributed by atoms with Gasteiger partial charge in [-0.25, -0.2) is 4.79 Å². The number of hydrogen-bond donors (Lipinski definition) is 3. The van der Waals surface area contributed by atoms with Gasteiger partial charge in [0.05, 0.1) is 33.0 Å². The zero-order valence-electron chi connectivity index (χ0n) is 17.1. The normalized spacial score (nSPS) is 11.1. The summed E-state index contributed by atoms with van der Waals surface area (Å²) in [6, 6.07) is 0. The molecule has 0 unspecified atom stereocenters. The van der Waals surface area contributed by atoms with Crippen molar-refractivity contribution in [3.63, 3.8) is 0 Å². The first kappa shape index (κ1) is 31.4. The number of alkyl halides is 3. The number of thiol groups is 3. The summed E-state index contributed by atoms with van der Waals surface area (Å²) in [7, 11) is 0. The molecule has 0 saturated heterocycles. The topological polar surface area (TPSA) is 44.8 Å². The first-order valence-electron chi connectivity index (χ1n) is 10.1. The summed E-state index contributed by atoms with van der Waals surface area (Å²) in [6.07, 6.45) is 4.49. The van der Waals surface area contributed by atoms with Crippen LogP contribution < -0.4 is 0 Å². The fourth-order valence-corrected chi connectivity index (χ4v) is 2.63. The standard InChI is InChI=1S/C13H23F3O2S.C6H14O2S2/c14-13(15,16)12(17)18-10-8-6-4-2-1-3-5-7-9-11-19;9-5-3-7-1-2-8-4-6-10/h19H,1-11H2;9-10H,1-6H2. The fraction of sp³-hybridized carbons (Fsp3) is 0.947. The second-order valence-electron chi connectivity index (χ2n) is 6.21. The lowest BCUT2D eigenvalue weighted by molar-refractivity contribution is -0.199. The van der Waals surface area contributed by atoms with E-state index in [0.717, 1.165) is 49.4 Å². The maximum atomic E-state index is 11.8. The van der Waals surface area contributed by atoms with Crippen molar-refractivity contribution in [1.29, 1.82) is 0 Å². The molecule has 0 aromatic carbocycles. The highest BCUT2D eigenvalue weighted by Crippen LogP contribution is 2.17. The van der Waals surface area contributed by atoms with Crippen LogP contribution in [0.5, 0.6) is 0 Å². The first-order valence-corrected chi connectivity index (χ1v) is 12.0. The smallest absolute Gasteiger partial charge is 0.459 e. The summed E-state index contributed by atoms with van der Waals surface area (Å²) in [6.45, 7) is 2.59. The highest BCUT2D eigenvalue weighted by atomic mass is 32.1. The molecule has 176 valence electrons. The van der Waals surface area contributed by atoms with Gasteiger partial charge < -0.3 is 14.2 Å². The Hall–Kier alpha value is 0.230. The minimum absolute atomic E-state index is 0.139. The average Bonchev–Trinajstić information content (AvgIpc) is 2.68. The molecule has 0 amide bonds. The second-order valence-corrected chi connectivity index (χ2v) is 7.55. The SMILES string of the molecule is O=C(OCCCCCCCCCCCS)C(F)(F)F.SCCOCCOCCS. The van der Waals surface area contributed by atoms with E-state index < -0.39 is 12.1 Å². The average molecular weight is 483 g/mol. The number of carbonyl (C=O) groups is 1. The number of hydrogen-bond acceptors (Lipinski definition) is 7. The van der Waals surface area contributed by atoms with E-state index in [-0.39, 0.29) is 6.61 Å². The van der Waals surface area contributed by atoms with Gasteiger partial charge in [-0.2, -0.15) is 51.1 Å². The van der Waals surface area contributed by atoms with Crippen LogP contribution in [0, 0.1) is 0 Å². The number of unbranched alkanes of at least 4 members (excludes halogenated alkanes) is 8. The van der Waals surface area contributed by atoms with Crippen molar-refractivity contribution >= 4 is 43.9 Å². The molecule has 0 rings (SSSR count). The minimum Gasteiger partial charge on any atom is -0.459 e. The fourth-order valence-electron chi connectivity index (χ4n) is 2.15. The van der Waals surface area contributed by atoms with E-state index in [1.54, 1.807) is 0 Å². The largest absolute Gasteiger partial charge is 0.490 e. The summed E-state index contributed by atoms with van der Waals surface area (Å²) in [5.41, 5.74) is 0. The van der Waals surface area contributed by atoms with Gasteiger partial charge in [0.2, 0.25) is 0 Å². The molecule has 0 saturated carbocycles. The van der Waals surface area contributed by atoms with Crippen LogP contribution in [-0.2, 0) is 19.0 Å². The Morgan fingerprint density at radius 1 is 0.586 bits per heavy atom. The van der Waals surface area contributed by atoms with Gasteiger partial charge in [-0.3, -0.25) is 0 Å². The molecule has 29 heavy (non-hydrogen) atoms. The number of carbonyl (C=O) groups excluding carboxylic acids is 1. The van der Waals surface area contributed by atoms with Crippen LogP contribution >= 0.6 is 37.9 Å². The predicted molar refractivity (Wildman–Crippen MR) is 122 cm³/mol. The zero-order valence-corrected chi connectivity index (χ0v) is 19.8. The van der Waals surface area contributed by atoms with Crippen LogP contribution in [-0.4, -0.2) is 62.4 Å². The molecule has 10 heteroatoms. The van der Waals surface area contributed by atoms with Crippen LogP contribution in [0.4, 0.5) is 13.2 Å². The van der Waals surface area contributed by atoms with Gasteiger partial charge in [-0.15, -0.1) is 0 Å². The Kier molecular flexibility index (Phi) is 26.5. The lowest BCUT2D eigenvalue weighted by Gasteiger charge is -2.06. The molecule has 0 aliphatic heterocycles. The number of esters is 1. The Morgan fingerprint density at radius 3 is 1.38 bits per heavy atom. The van der Waals surface area contributed by atoms with Gasteiger partial charge in [0.25, 0.3) is 0 Å². The van der Waals surface area contributed by atoms with Gasteiger partial charge in [0.1, 0.15) is 0 Å². The van der Waals surface area contributed by atoms with Crippen LogP contribution in [0.15, 0.2) is 0 Å². The van der Waals surface area contributed by atoms with E-state index in [1.807, 2.05) is 0 Å². The molecule has 0 N–H and O–H groups in total. The maximum Gasteiger partial charge on any atom is 0.490 e. The van der Waals surface area contributed by atoms with E-state index in [1.165, 1.54) is 19.3 Å². The van der Waals surface area contributed by atoms with Crippen molar-refractivity contribution in [3.8, 4) is 0 Å². The molecule has 0 fully saturated rings. The summed E-state index contributed by atoms with van der Waals surface area (Å²) < 4.78 is 49.6. The summed E-state index contributed by atoms with van der Waals surface area (Å²) in [4.78, 5) is 10.4. The Morgan fingerprint density at radius 2 is 1.00 bits per heavy atom. The van der Waals surface area contributed by atoms with Crippen molar-refractivity contribution in [3.05, 3.63) is 0 Å². The van der Waals surface area contributed by atoms with Gasteiger partial charge in [-0.05, 0) is 18.6 Å². The highest BCUT2D eigenvalue weighted by molar-refractivity contribution is 7.80. The molecule has 0 aromatic rings. The molecule has 0 bridgehead atoms. The van der Waals surface area contributed by atoms with Crippen molar-refractivity contribution in [2.75, 3.05) is 50.3 Å². The Balaban J connectivity index is 0. The van der Waals surface area contributed by atoms with E-state index in [4.69, 9.17) is 9.47 Å². The van der Waals surface area contributed by atoms with Gasteiger partial charge in [-0.1, -0.05) is 44.9 Å². The van der Waals surface area contributed by atoms with Crippen LogP contribution in [0.3, 0.4) is 0 Å². The van der Waals surface area contributed by atoms with Crippen LogP contribution in [0.2, 0.25) is 0 Å². The third-order valence-corrected chi connectivity index (χ3v) is 4.29. The van der Waals surface area contributed by atoms with E-state index in [9.17, 15) is 18.0 Å². The van der Waals surface area contributed by atoms with Crippen molar-refractivity contribution in [2.45, 2.75) is 64.0 Å². The quantitative estimate of drug-likeness (QED) is 0.139.